The second kappa shape index (κ2) is 10.3. The number of ether oxygens (including phenoxy) is 2. The summed E-state index contributed by atoms with van der Waals surface area (Å²) in [5.74, 6) is 0.589. The molecule has 6 nitrogen and oxygen atoms in total. The summed E-state index contributed by atoms with van der Waals surface area (Å²) in [6.45, 7) is 2.22. The molecule has 0 spiro atoms. The van der Waals surface area contributed by atoms with Crippen LogP contribution in [0.4, 0.5) is 13.2 Å². The van der Waals surface area contributed by atoms with E-state index in [4.69, 9.17) is 22.4 Å². The third kappa shape index (κ3) is 6.97. The van der Waals surface area contributed by atoms with E-state index in [9.17, 15) is 18.0 Å². The highest BCUT2D eigenvalue weighted by molar-refractivity contribution is 7.86. The minimum Gasteiger partial charge on any atom is -0.741 e. The zero-order valence-corrected chi connectivity index (χ0v) is 17.1. The first-order valence-corrected chi connectivity index (χ1v) is 10.4. The van der Waals surface area contributed by atoms with E-state index in [-0.39, 0.29) is 5.97 Å². The normalized spacial score (nSPS) is 16.1. The molecular weight excluding hydrogens is 437 g/mol. The average Bonchev–Trinajstić information content (AvgIpc) is 2.74. The molecule has 0 radical (unpaired) electrons. The molecule has 2 aromatic carbocycles. The van der Waals surface area contributed by atoms with Crippen LogP contribution >= 0.6 is 0 Å². The van der Waals surface area contributed by atoms with Gasteiger partial charge in [-0.1, -0.05) is 60.7 Å². The van der Waals surface area contributed by atoms with Gasteiger partial charge in [-0.2, -0.15) is 13.2 Å². The molecule has 1 heterocycles. The van der Waals surface area contributed by atoms with Crippen LogP contribution in [0.5, 0.6) is 0 Å². The molecule has 1 aliphatic heterocycles. The predicted octanol–water partition coefficient (Wildman–Crippen LogP) is 4.10. The number of benzene rings is 2. The van der Waals surface area contributed by atoms with Gasteiger partial charge in [0, 0.05) is 5.56 Å². The van der Waals surface area contributed by atoms with Gasteiger partial charge in [0.05, 0.1) is 0 Å². The highest BCUT2D eigenvalue weighted by Gasteiger charge is 2.37. The van der Waals surface area contributed by atoms with Crippen LogP contribution in [0.1, 0.15) is 18.1 Å². The smallest absolute Gasteiger partial charge is 0.529 e. The molecule has 1 aliphatic rings. The second-order valence-electron chi connectivity index (χ2n) is 6.07. The zero-order chi connectivity index (χ0) is 23.1. The van der Waals surface area contributed by atoms with Gasteiger partial charge in [0.2, 0.25) is 0 Å². The third-order valence-electron chi connectivity index (χ3n) is 3.86. The number of rotatable bonds is 4. The van der Waals surface area contributed by atoms with Crippen LogP contribution < -0.4 is 0 Å². The molecule has 0 saturated carbocycles. The van der Waals surface area contributed by atoms with E-state index in [0.717, 1.165) is 16.7 Å². The fourth-order valence-electron chi connectivity index (χ4n) is 2.47. The Hall–Kier alpha value is -3.11. The van der Waals surface area contributed by atoms with Gasteiger partial charge in [-0.3, -0.25) is 0 Å². The van der Waals surface area contributed by atoms with Gasteiger partial charge in [-0.25, -0.2) is 8.42 Å². The number of esters is 1. The van der Waals surface area contributed by atoms with Gasteiger partial charge in [0.25, 0.3) is 6.10 Å². The number of carbonyl (C=O) groups excluding carboxylic acids is 1. The highest BCUT2D eigenvalue weighted by Crippen LogP contribution is 2.30. The van der Waals surface area contributed by atoms with Crippen molar-refractivity contribution in [2.45, 2.75) is 18.5 Å². The number of hydrogen-bond acceptors (Lipinski definition) is 5. The van der Waals surface area contributed by atoms with Crippen molar-refractivity contribution >= 4 is 27.4 Å². The maximum atomic E-state index is 10.7. The molecule has 0 amide bonds. The SMILES string of the molecule is CCOC(=[OH+])C1C=C(c2ccccc2)C=C(c2ccccc2)O1.O=S(=O)([O-])C(F)(F)F. The van der Waals surface area contributed by atoms with Crippen LogP contribution in [0.2, 0.25) is 0 Å². The van der Waals surface area contributed by atoms with E-state index in [1.54, 1.807) is 0 Å². The van der Waals surface area contributed by atoms with E-state index in [0.29, 0.717) is 12.4 Å². The van der Waals surface area contributed by atoms with E-state index in [2.05, 4.69) is 0 Å². The van der Waals surface area contributed by atoms with Crippen LogP contribution in [0, 0.1) is 0 Å². The summed E-state index contributed by atoms with van der Waals surface area (Å²) in [5.41, 5.74) is -2.62. The van der Waals surface area contributed by atoms with Gasteiger partial charge in [0.15, 0.2) is 16.7 Å². The zero-order valence-electron chi connectivity index (χ0n) is 16.2. The van der Waals surface area contributed by atoms with Crippen molar-refractivity contribution < 1.29 is 40.4 Å². The maximum Gasteiger partial charge on any atom is 0.529 e. The summed E-state index contributed by atoms with van der Waals surface area (Å²) >= 11 is 0. The van der Waals surface area contributed by atoms with E-state index in [1.165, 1.54) is 0 Å². The van der Waals surface area contributed by atoms with Crippen LogP contribution in [0.3, 0.4) is 0 Å². The third-order valence-corrected chi connectivity index (χ3v) is 4.42. The summed E-state index contributed by atoms with van der Waals surface area (Å²) in [6.07, 6.45) is 3.23. The Morgan fingerprint density at radius 2 is 1.55 bits per heavy atom. The summed E-state index contributed by atoms with van der Waals surface area (Å²) in [6, 6.07) is 19.9. The molecule has 166 valence electrons. The Morgan fingerprint density at radius 3 is 2.00 bits per heavy atom. The molecule has 0 bridgehead atoms. The molecule has 0 aromatic heterocycles. The molecule has 3 rings (SSSR count). The molecule has 10 heteroatoms. The highest BCUT2D eigenvalue weighted by atomic mass is 32.2. The van der Waals surface area contributed by atoms with Crippen molar-refractivity contribution in [2.75, 3.05) is 6.61 Å². The summed E-state index contributed by atoms with van der Waals surface area (Å²) in [7, 11) is -6.09. The number of hydrogen-bond donors (Lipinski definition) is 0. The van der Waals surface area contributed by atoms with Crippen molar-refractivity contribution in [3.8, 4) is 0 Å². The summed E-state index contributed by atoms with van der Waals surface area (Å²) < 4.78 is 70.0. The molecule has 2 aromatic rings. The molecule has 1 atom stereocenters. The summed E-state index contributed by atoms with van der Waals surface area (Å²) in [4.78, 5) is 10.1. The first kappa shape index (κ1) is 24.2. The number of allylic oxidation sites excluding steroid dienone is 2. The van der Waals surface area contributed by atoms with Crippen molar-refractivity contribution in [3.63, 3.8) is 0 Å². The lowest BCUT2D eigenvalue weighted by atomic mass is 9.99. The van der Waals surface area contributed by atoms with Crippen molar-refractivity contribution in [3.05, 3.63) is 83.9 Å². The fourth-order valence-corrected chi connectivity index (χ4v) is 2.47. The van der Waals surface area contributed by atoms with Crippen molar-refractivity contribution in [1.29, 1.82) is 0 Å². The molecule has 1 unspecified atom stereocenters. The first-order valence-electron chi connectivity index (χ1n) is 8.94. The lowest BCUT2D eigenvalue weighted by Crippen LogP contribution is -2.26. The molecule has 0 fully saturated rings. The largest absolute Gasteiger partial charge is 0.741 e. The first-order chi connectivity index (χ1) is 14.5. The second-order valence-corrected chi connectivity index (χ2v) is 7.44. The number of alkyl halides is 3. The fraction of sp³-hybridized carbons (Fsp3) is 0.190. The van der Waals surface area contributed by atoms with E-state index >= 15 is 0 Å². The molecular formula is C21H19F3O6S. The standard InChI is InChI=1S/C20H18O3.CHF3O3S/c1-2-22-20(21)19-14-17(15-9-5-3-6-10-15)13-18(23-19)16-11-7-4-8-12-16;2-1(3,4)8(5,6)7/h3-14,19H,2H2,1H3;(H,5,6,7). The van der Waals surface area contributed by atoms with Crippen molar-refractivity contribution in [2.24, 2.45) is 0 Å². The Balaban J connectivity index is 0.000000366. The van der Waals surface area contributed by atoms with Gasteiger partial charge in [0.1, 0.15) is 5.76 Å². The van der Waals surface area contributed by atoms with Crippen LogP contribution in [0.25, 0.3) is 11.3 Å². The Labute approximate surface area is 177 Å². The van der Waals surface area contributed by atoms with Crippen LogP contribution in [-0.4, -0.2) is 42.0 Å². The monoisotopic (exact) mass is 456 g/mol. The Kier molecular flexibility index (Phi) is 8.01. The molecule has 0 aliphatic carbocycles. The molecule has 0 saturated heterocycles. The van der Waals surface area contributed by atoms with Crippen molar-refractivity contribution in [1.82, 2.24) is 0 Å². The minimum absolute atomic E-state index is 0.123. The van der Waals surface area contributed by atoms with Gasteiger partial charge < -0.3 is 18.8 Å². The Bertz CT molecular complexity index is 1050. The van der Waals surface area contributed by atoms with Gasteiger partial charge in [-0.15, -0.1) is 0 Å². The summed E-state index contributed by atoms with van der Waals surface area (Å²) in [5, 5.41) is 0. The molecule has 1 N–H and O–H groups in total. The topological polar surface area (TPSA) is 97.1 Å². The predicted molar refractivity (Wildman–Crippen MR) is 108 cm³/mol. The van der Waals surface area contributed by atoms with Crippen LogP contribution in [-0.2, 0) is 19.6 Å². The van der Waals surface area contributed by atoms with Gasteiger partial charge in [-0.05, 0) is 30.2 Å². The molecule has 31 heavy (non-hydrogen) atoms. The van der Waals surface area contributed by atoms with E-state index < -0.39 is 21.7 Å². The number of halogens is 3. The lowest BCUT2D eigenvalue weighted by molar-refractivity contribution is -0.0517. The Morgan fingerprint density at radius 1 is 1.06 bits per heavy atom. The lowest BCUT2D eigenvalue weighted by Gasteiger charge is -2.20. The minimum atomic E-state index is -6.09. The van der Waals surface area contributed by atoms with E-state index in [1.807, 2.05) is 79.7 Å². The quantitative estimate of drug-likeness (QED) is 0.299. The maximum absolute atomic E-state index is 10.7. The average molecular weight is 456 g/mol. The van der Waals surface area contributed by atoms with Crippen LogP contribution in [0.15, 0.2) is 72.8 Å². The van der Waals surface area contributed by atoms with Gasteiger partial charge >= 0.3 is 11.5 Å².